The molecule has 1 atom stereocenters. The Morgan fingerprint density at radius 1 is 1.47 bits per heavy atom. The van der Waals surface area contributed by atoms with Crippen molar-refractivity contribution in [1.82, 2.24) is 9.55 Å². The highest BCUT2D eigenvalue weighted by Gasteiger charge is 2.41. The molecule has 19 heavy (non-hydrogen) atoms. The van der Waals surface area contributed by atoms with Gasteiger partial charge in [0, 0.05) is 18.9 Å². The van der Waals surface area contributed by atoms with Gasteiger partial charge in [-0.15, -0.1) is 0 Å². The number of hydrogen-bond acceptors (Lipinski definition) is 3. The highest BCUT2D eigenvalue weighted by Crippen LogP contribution is 2.23. The summed E-state index contributed by atoms with van der Waals surface area (Å²) in [6.45, 7) is 1.01. The Bertz CT molecular complexity index is 384. The van der Waals surface area contributed by atoms with Crippen LogP contribution in [0.15, 0.2) is 12.4 Å². The minimum Gasteiger partial charge on any atom is -0.373 e. The SMILES string of the molecule is CCCn1ccnc1C(N)COCC(F)(F)C(F)F. The molecule has 0 bridgehead atoms. The molecule has 2 N–H and O–H groups in total. The number of nitrogens with zero attached hydrogens (tertiary/aromatic N) is 2. The van der Waals surface area contributed by atoms with E-state index in [2.05, 4.69) is 9.72 Å². The van der Waals surface area contributed by atoms with E-state index in [1.807, 2.05) is 6.92 Å². The van der Waals surface area contributed by atoms with Crippen LogP contribution >= 0.6 is 0 Å². The van der Waals surface area contributed by atoms with Gasteiger partial charge >= 0.3 is 12.3 Å². The number of nitrogens with two attached hydrogens (primary N) is 1. The van der Waals surface area contributed by atoms with Crippen molar-refractivity contribution in [2.75, 3.05) is 13.2 Å². The average Bonchev–Trinajstić information content (AvgIpc) is 2.77. The zero-order valence-electron chi connectivity index (χ0n) is 10.5. The summed E-state index contributed by atoms with van der Waals surface area (Å²) in [5.74, 6) is -3.67. The van der Waals surface area contributed by atoms with E-state index < -0.39 is 25.0 Å². The molecule has 0 fully saturated rings. The Kier molecular flexibility index (Phi) is 5.74. The largest absolute Gasteiger partial charge is 0.373 e. The van der Waals surface area contributed by atoms with Crippen LogP contribution in [0.25, 0.3) is 0 Å². The number of hydrogen-bond donors (Lipinski definition) is 1. The predicted octanol–water partition coefficient (Wildman–Crippen LogP) is 2.21. The normalized spacial score (nSPS) is 14.1. The fraction of sp³-hybridized carbons (Fsp3) is 0.727. The van der Waals surface area contributed by atoms with Gasteiger partial charge in [-0.2, -0.15) is 8.78 Å². The highest BCUT2D eigenvalue weighted by molar-refractivity contribution is 4.98. The molecule has 1 aromatic rings. The third-order valence-corrected chi connectivity index (χ3v) is 2.46. The lowest BCUT2D eigenvalue weighted by molar-refractivity contribution is -0.166. The Balaban J connectivity index is 2.47. The van der Waals surface area contributed by atoms with Gasteiger partial charge in [0.25, 0.3) is 0 Å². The van der Waals surface area contributed by atoms with Crippen LogP contribution in [0.4, 0.5) is 17.6 Å². The van der Waals surface area contributed by atoms with Gasteiger partial charge in [0.2, 0.25) is 0 Å². The lowest BCUT2D eigenvalue weighted by atomic mass is 10.3. The molecule has 0 radical (unpaired) electrons. The van der Waals surface area contributed by atoms with Gasteiger partial charge in [0.15, 0.2) is 0 Å². The molecule has 0 aliphatic heterocycles. The number of ether oxygens (including phenoxy) is 1. The first-order valence-electron chi connectivity index (χ1n) is 5.88. The molecule has 0 saturated carbocycles. The molecular formula is C11H17F4N3O. The number of alkyl halides is 4. The van der Waals surface area contributed by atoms with Crippen LogP contribution in [0.2, 0.25) is 0 Å². The van der Waals surface area contributed by atoms with Gasteiger partial charge in [-0.25, -0.2) is 13.8 Å². The lowest BCUT2D eigenvalue weighted by Gasteiger charge is -2.18. The number of aryl methyl sites for hydroxylation is 1. The molecule has 0 aliphatic carbocycles. The molecule has 0 aliphatic rings. The van der Waals surface area contributed by atoms with Crippen molar-refractivity contribution < 1.29 is 22.3 Å². The number of halogens is 4. The maximum absolute atomic E-state index is 12.6. The molecule has 1 aromatic heterocycles. The van der Waals surface area contributed by atoms with E-state index in [1.54, 1.807) is 17.0 Å². The van der Waals surface area contributed by atoms with Gasteiger partial charge in [0.05, 0.1) is 12.6 Å². The predicted molar refractivity (Wildman–Crippen MR) is 61.2 cm³/mol. The first-order chi connectivity index (χ1) is 8.88. The van der Waals surface area contributed by atoms with Crippen LogP contribution < -0.4 is 5.73 Å². The second kappa shape index (κ2) is 6.85. The fourth-order valence-corrected chi connectivity index (χ4v) is 1.54. The van der Waals surface area contributed by atoms with Gasteiger partial charge in [-0.3, -0.25) is 0 Å². The van der Waals surface area contributed by atoms with E-state index in [4.69, 9.17) is 5.73 Å². The van der Waals surface area contributed by atoms with Crippen molar-refractivity contribution in [1.29, 1.82) is 0 Å². The summed E-state index contributed by atoms with van der Waals surface area (Å²) in [7, 11) is 0. The summed E-state index contributed by atoms with van der Waals surface area (Å²) in [5, 5.41) is 0. The summed E-state index contributed by atoms with van der Waals surface area (Å²) in [6, 6.07) is -0.727. The molecule has 1 unspecified atom stereocenters. The molecule has 0 amide bonds. The number of aromatic nitrogens is 2. The molecule has 8 heteroatoms. The summed E-state index contributed by atoms with van der Waals surface area (Å²) >= 11 is 0. The zero-order valence-corrected chi connectivity index (χ0v) is 10.5. The Labute approximate surface area is 108 Å². The number of imidazole rings is 1. The molecule has 110 valence electrons. The van der Waals surface area contributed by atoms with Crippen molar-refractivity contribution in [3.05, 3.63) is 18.2 Å². The van der Waals surface area contributed by atoms with Crippen LogP contribution in [0.3, 0.4) is 0 Å². The van der Waals surface area contributed by atoms with Crippen LogP contribution in [0.5, 0.6) is 0 Å². The van der Waals surface area contributed by atoms with Gasteiger partial charge in [0.1, 0.15) is 12.4 Å². The summed E-state index contributed by atoms with van der Waals surface area (Å²) < 4.78 is 55.3. The summed E-state index contributed by atoms with van der Waals surface area (Å²) in [4.78, 5) is 4.01. The van der Waals surface area contributed by atoms with E-state index >= 15 is 0 Å². The number of rotatable bonds is 8. The van der Waals surface area contributed by atoms with Crippen molar-refractivity contribution >= 4 is 0 Å². The van der Waals surface area contributed by atoms with Crippen molar-refractivity contribution in [2.24, 2.45) is 5.73 Å². The van der Waals surface area contributed by atoms with Crippen molar-refractivity contribution in [2.45, 2.75) is 38.3 Å². The molecular weight excluding hydrogens is 266 g/mol. The molecule has 1 rings (SSSR count). The second-order valence-corrected chi connectivity index (χ2v) is 4.16. The molecule has 0 spiro atoms. The Hall–Kier alpha value is -1.15. The van der Waals surface area contributed by atoms with Crippen LogP contribution in [0.1, 0.15) is 25.2 Å². The second-order valence-electron chi connectivity index (χ2n) is 4.16. The Morgan fingerprint density at radius 2 is 2.16 bits per heavy atom. The summed E-state index contributed by atoms with van der Waals surface area (Å²) in [5.41, 5.74) is 5.74. The summed E-state index contributed by atoms with van der Waals surface area (Å²) in [6.07, 6.45) is 0.372. The maximum atomic E-state index is 12.6. The quantitative estimate of drug-likeness (QED) is 0.744. The van der Waals surface area contributed by atoms with Gasteiger partial charge in [-0.05, 0) is 6.42 Å². The first kappa shape index (κ1) is 15.9. The molecule has 4 nitrogen and oxygen atoms in total. The van der Waals surface area contributed by atoms with Crippen molar-refractivity contribution in [3.63, 3.8) is 0 Å². The smallest absolute Gasteiger partial charge is 0.330 e. The fourth-order valence-electron chi connectivity index (χ4n) is 1.54. The topological polar surface area (TPSA) is 53.1 Å². The third kappa shape index (κ3) is 4.46. The minimum absolute atomic E-state index is 0.289. The molecule has 0 saturated heterocycles. The standard InChI is InChI=1S/C11H17F4N3O/c1-2-4-18-5-3-17-9(18)8(16)6-19-7-11(14,15)10(12)13/h3,5,8,10H,2,4,6-7,16H2,1H3. The van der Waals surface area contributed by atoms with Crippen LogP contribution in [-0.2, 0) is 11.3 Å². The van der Waals surface area contributed by atoms with Crippen LogP contribution in [0, 0.1) is 0 Å². The van der Waals surface area contributed by atoms with E-state index in [1.165, 1.54) is 0 Å². The molecule has 1 heterocycles. The molecule has 0 aromatic carbocycles. The van der Waals surface area contributed by atoms with Gasteiger partial charge < -0.3 is 15.0 Å². The van der Waals surface area contributed by atoms with E-state index in [0.29, 0.717) is 12.4 Å². The average molecular weight is 283 g/mol. The van der Waals surface area contributed by atoms with Gasteiger partial charge in [-0.1, -0.05) is 6.92 Å². The zero-order chi connectivity index (χ0) is 14.5. The highest BCUT2D eigenvalue weighted by atomic mass is 19.3. The lowest BCUT2D eigenvalue weighted by Crippen LogP contribution is -2.34. The third-order valence-electron chi connectivity index (χ3n) is 2.46. The first-order valence-corrected chi connectivity index (χ1v) is 5.88. The van der Waals surface area contributed by atoms with E-state index in [0.717, 1.165) is 6.42 Å². The van der Waals surface area contributed by atoms with Crippen LogP contribution in [-0.4, -0.2) is 35.1 Å². The maximum Gasteiger partial charge on any atom is 0.330 e. The van der Waals surface area contributed by atoms with E-state index in [-0.39, 0.29) is 6.61 Å². The monoisotopic (exact) mass is 283 g/mol. The Morgan fingerprint density at radius 3 is 2.74 bits per heavy atom. The van der Waals surface area contributed by atoms with Crippen molar-refractivity contribution in [3.8, 4) is 0 Å². The van der Waals surface area contributed by atoms with E-state index in [9.17, 15) is 17.6 Å². The minimum atomic E-state index is -4.15.